The van der Waals surface area contributed by atoms with Crippen LogP contribution in [0.2, 0.25) is 0 Å². The van der Waals surface area contributed by atoms with Crippen molar-refractivity contribution in [2.45, 2.75) is 38.5 Å². The van der Waals surface area contributed by atoms with E-state index in [0.717, 1.165) is 43.4 Å². The fourth-order valence-electron chi connectivity index (χ4n) is 3.89. The molecule has 1 saturated heterocycles. The first kappa shape index (κ1) is 18.4. The minimum atomic E-state index is -0.144. The van der Waals surface area contributed by atoms with Crippen molar-refractivity contribution in [3.8, 4) is 5.75 Å². The first-order chi connectivity index (χ1) is 12.6. The molecule has 1 N–H and O–H groups in total. The summed E-state index contributed by atoms with van der Waals surface area (Å²) in [5.74, 6) is 0.229. The second-order valence-electron chi connectivity index (χ2n) is 7.02. The lowest BCUT2D eigenvalue weighted by Crippen LogP contribution is -2.35. The quantitative estimate of drug-likeness (QED) is 0.756. The SMILES string of the molecule is COc1ccc(CCNC(=O)CCN2C(=O)[C@@H]3CCCC[C@H]3C2=O)cc1. The molecule has 2 aliphatic rings. The van der Waals surface area contributed by atoms with Crippen LogP contribution in [0.5, 0.6) is 5.75 Å². The summed E-state index contributed by atoms with van der Waals surface area (Å²) in [5, 5.41) is 2.86. The van der Waals surface area contributed by atoms with E-state index in [0.29, 0.717) is 6.54 Å². The molecule has 0 radical (unpaired) electrons. The minimum absolute atomic E-state index is 0.0780. The molecule has 1 aliphatic heterocycles. The number of imide groups is 1. The van der Waals surface area contributed by atoms with Gasteiger partial charge in [-0.3, -0.25) is 19.3 Å². The van der Waals surface area contributed by atoms with Crippen LogP contribution in [0.1, 0.15) is 37.7 Å². The number of hydrogen-bond donors (Lipinski definition) is 1. The van der Waals surface area contributed by atoms with E-state index in [4.69, 9.17) is 4.74 Å². The lowest BCUT2D eigenvalue weighted by Gasteiger charge is -2.19. The third-order valence-electron chi connectivity index (χ3n) is 5.39. The average Bonchev–Trinajstić information content (AvgIpc) is 2.91. The van der Waals surface area contributed by atoms with E-state index < -0.39 is 0 Å². The third-order valence-corrected chi connectivity index (χ3v) is 5.39. The highest BCUT2D eigenvalue weighted by atomic mass is 16.5. The van der Waals surface area contributed by atoms with Crippen LogP contribution in [0.4, 0.5) is 0 Å². The molecule has 2 atom stereocenters. The molecule has 0 spiro atoms. The number of likely N-dealkylation sites (tertiary alicyclic amines) is 1. The second kappa shape index (κ2) is 8.34. The molecule has 1 aromatic carbocycles. The van der Waals surface area contributed by atoms with Crippen LogP contribution in [-0.2, 0) is 20.8 Å². The molecule has 1 aliphatic carbocycles. The summed E-state index contributed by atoms with van der Waals surface area (Å²) in [7, 11) is 1.63. The first-order valence-corrected chi connectivity index (χ1v) is 9.35. The van der Waals surface area contributed by atoms with Gasteiger partial charge in [0.2, 0.25) is 17.7 Å². The molecule has 140 valence electrons. The van der Waals surface area contributed by atoms with Crippen LogP contribution in [-0.4, -0.2) is 42.8 Å². The Labute approximate surface area is 153 Å². The van der Waals surface area contributed by atoms with Crippen LogP contribution >= 0.6 is 0 Å². The molecule has 3 rings (SSSR count). The summed E-state index contributed by atoms with van der Waals surface area (Å²) in [6.07, 6.45) is 4.53. The van der Waals surface area contributed by atoms with E-state index in [9.17, 15) is 14.4 Å². The van der Waals surface area contributed by atoms with Gasteiger partial charge in [0.1, 0.15) is 5.75 Å². The highest BCUT2D eigenvalue weighted by molar-refractivity contribution is 6.05. The number of carbonyl (C=O) groups excluding carboxylic acids is 3. The topological polar surface area (TPSA) is 75.7 Å². The van der Waals surface area contributed by atoms with Crippen molar-refractivity contribution in [1.82, 2.24) is 10.2 Å². The number of ether oxygens (including phenoxy) is 1. The van der Waals surface area contributed by atoms with Crippen molar-refractivity contribution in [1.29, 1.82) is 0 Å². The van der Waals surface area contributed by atoms with Gasteiger partial charge in [-0.25, -0.2) is 0 Å². The van der Waals surface area contributed by atoms with Crippen LogP contribution in [0.15, 0.2) is 24.3 Å². The van der Waals surface area contributed by atoms with Gasteiger partial charge in [-0.05, 0) is 37.0 Å². The van der Waals surface area contributed by atoms with Crippen molar-refractivity contribution < 1.29 is 19.1 Å². The van der Waals surface area contributed by atoms with Gasteiger partial charge in [-0.2, -0.15) is 0 Å². The zero-order valence-corrected chi connectivity index (χ0v) is 15.2. The number of benzene rings is 1. The second-order valence-corrected chi connectivity index (χ2v) is 7.02. The van der Waals surface area contributed by atoms with Crippen molar-refractivity contribution >= 4 is 17.7 Å². The fourth-order valence-corrected chi connectivity index (χ4v) is 3.89. The molecule has 1 heterocycles. The Morgan fingerprint density at radius 3 is 2.31 bits per heavy atom. The normalized spacial score (nSPS) is 22.3. The third kappa shape index (κ3) is 4.06. The Morgan fingerprint density at radius 1 is 1.12 bits per heavy atom. The predicted molar refractivity (Wildman–Crippen MR) is 96.5 cm³/mol. The Hall–Kier alpha value is -2.37. The summed E-state index contributed by atoms with van der Waals surface area (Å²) in [6.45, 7) is 0.720. The molecule has 6 nitrogen and oxygen atoms in total. The average molecular weight is 358 g/mol. The highest BCUT2D eigenvalue weighted by Gasteiger charge is 2.47. The Morgan fingerprint density at radius 2 is 1.73 bits per heavy atom. The van der Waals surface area contributed by atoms with Gasteiger partial charge in [-0.1, -0.05) is 25.0 Å². The summed E-state index contributed by atoms with van der Waals surface area (Å²) < 4.78 is 5.12. The van der Waals surface area contributed by atoms with Crippen molar-refractivity contribution in [2.24, 2.45) is 11.8 Å². The molecule has 0 unspecified atom stereocenters. The fraction of sp³-hybridized carbons (Fsp3) is 0.550. The van der Waals surface area contributed by atoms with Crippen molar-refractivity contribution in [3.63, 3.8) is 0 Å². The van der Waals surface area contributed by atoms with Gasteiger partial charge in [0, 0.05) is 19.5 Å². The molecule has 6 heteroatoms. The van der Waals surface area contributed by atoms with E-state index >= 15 is 0 Å². The van der Waals surface area contributed by atoms with E-state index in [-0.39, 0.29) is 42.5 Å². The molecule has 3 amide bonds. The predicted octanol–water partition coefficient (Wildman–Crippen LogP) is 1.92. The standard InChI is InChI=1S/C20H26N2O4/c1-26-15-8-6-14(7-9-15)10-12-21-18(23)11-13-22-19(24)16-4-2-3-5-17(16)20(22)25/h6-9,16-17H,2-5,10-13H2,1H3,(H,21,23)/t16-,17-/m1/s1. The largest absolute Gasteiger partial charge is 0.497 e. The summed E-state index contributed by atoms with van der Waals surface area (Å²) in [5.41, 5.74) is 1.11. The molecule has 2 fully saturated rings. The number of nitrogens with zero attached hydrogens (tertiary/aromatic N) is 1. The van der Waals surface area contributed by atoms with Crippen LogP contribution < -0.4 is 10.1 Å². The van der Waals surface area contributed by atoms with Gasteiger partial charge in [0.05, 0.1) is 18.9 Å². The lowest BCUT2D eigenvalue weighted by molar-refractivity contribution is -0.140. The first-order valence-electron chi connectivity index (χ1n) is 9.35. The zero-order chi connectivity index (χ0) is 18.5. The maximum atomic E-state index is 12.4. The number of amides is 3. The number of methoxy groups -OCH3 is 1. The van der Waals surface area contributed by atoms with Crippen LogP contribution in [0, 0.1) is 11.8 Å². The van der Waals surface area contributed by atoms with E-state index in [2.05, 4.69) is 5.32 Å². The number of rotatable bonds is 7. The van der Waals surface area contributed by atoms with Crippen LogP contribution in [0.3, 0.4) is 0 Å². The lowest BCUT2D eigenvalue weighted by atomic mass is 9.81. The molecular weight excluding hydrogens is 332 g/mol. The smallest absolute Gasteiger partial charge is 0.233 e. The van der Waals surface area contributed by atoms with Gasteiger partial charge in [0.25, 0.3) is 0 Å². The summed E-state index contributed by atoms with van der Waals surface area (Å²) >= 11 is 0. The maximum Gasteiger partial charge on any atom is 0.233 e. The number of hydrogen-bond acceptors (Lipinski definition) is 4. The molecule has 0 aromatic heterocycles. The molecule has 1 saturated carbocycles. The Balaban J connectivity index is 1.41. The summed E-state index contributed by atoms with van der Waals surface area (Å²) in [6, 6.07) is 7.71. The summed E-state index contributed by atoms with van der Waals surface area (Å²) in [4.78, 5) is 38.1. The van der Waals surface area contributed by atoms with Gasteiger partial charge >= 0.3 is 0 Å². The van der Waals surface area contributed by atoms with E-state index in [1.54, 1.807) is 7.11 Å². The van der Waals surface area contributed by atoms with E-state index in [1.807, 2.05) is 24.3 Å². The minimum Gasteiger partial charge on any atom is -0.497 e. The molecule has 0 bridgehead atoms. The maximum absolute atomic E-state index is 12.4. The molecule has 26 heavy (non-hydrogen) atoms. The van der Waals surface area contributed by atoms with Crippen LogP contribution in [0.25, 0.3) is 0 Å². The van der Waals surface area contributed by atoms with Crippen molar-refractivity contribution in [2.75, 3.05) is 20.2 Å². The monoisotopic (exact) mass is 358 g/mol. The number of nitrogens with one attached hydrogen (secondary N) is 1. The Kier molecular flexibility index (Phi) is 5.91. The highest BCUT2D eigenvalue weighted by Crippen LogP contribution is 2.37. The number of fused-ring (bicyclic) bond motifs is 1. The van der Waals surface area contributed by atoms with E-state index in [1.165, 1.54) is 4.90 Å². The molecular formula is C20H26N2O4. The van der Waals surface area contributed by atoms with Gasteiger partial charge < -0.3 is 10.1 Å². The van der Waals surface area contributed by atoms with Crippen molar-refractivity contribution in [3.05, 3.63) is 29.8 Å². The van der Waals surface area contributed by atoms with Gasteiger partial charge in [-0.15, -0.1) is 0 Å². The zero-order valence-electron chi connectivity index (χ0n) is 15.2. The van der Waals surface area contributed by atoms with Gasteiger partial charge in [0.15, 0.2) is 0 Å². The molecule has 1 aromatic rings. The number of carbonyl (C=O) groups is 3. The Bertz CT molecular complexity index is 647.